The van der Waals surface area contributed by atoms with Gasteiger partial charge in [0.25, 0.3) is 11.6 Å². The zero-order valence-electron chi connectivity index (χ0n) is 13.7. The lowest BCUT2D eigenvalue weighted by Gasteiger charge is -2.15. The molecule has 0 unspecified atom stereocenters. The number of hydrogen-bond acceptors (Lipinski definition) is 5. The molecule has 0 spiro atoms. The molecule has 0 aliphatic carbocycles. The first-order chi connectivity index (χ1) is 11.8. The third kappa shape index (κ3) is 4.40. The lowest BCUT2D eigenvalue weighted by molar-refractivity contribution is -0.384. The van der Waals surface area contributed by atoms with Crippen LogP contribution in [-0.2, 0) is 4.79 Å². The summed E-state index contributed by atoms with van der Waals surface area (Å²) in [6.07, 6.45) is 1.70. The summed E-state index contributed by atoms with van der Waals surface area (Å²) >= 11 is 0. The Morgan fingerprint density at radius 1 is 1.32 bits per heavy atom. The van der Waals surface area contributed by atoms with Gasteiger partial charge in [0.15, 0.2) is 5.69 Å². The van der Waals surface area contributed by atoms with E-state index in [4.69, 9.17) is 0 Å². The number of para-hydroxylation sites is 2. The summed E-state index contributed by atoms with van der Waals surface area (Å²) in [5.74, 6) is -1.68. The summed E-state index contributed by atoms with van der Waals surface area (Å²) in [6.45, 7) is 3.71. The van der Waals surface area contributed by atoms with Crippen LogP contribution in [-0.4, -0.2) is 37.7 Å². The van der Waals surface area contributed by atoms with Gasteiger partial charge in [-0.1, -0.05) is 26.0 Å². The molecule has 0 radical (unpaired) electrons. The Hall–Kier alpha value is -3.23. The molecule has 132 valence electrons. The number of carboxylic acid groups (broad SMARTS) is 1. The van der Waals surface area contributed by atoms with E-state index in [2.05, 4.69) is 10.4 Å². The van der Waals surface area contributed by atoms with Gasteiger partial charge in [-0.25, -0.2) is 9.48 Å². The highest BCUT2D eigenvalue weighted by Gasteiger charge is 2.23. The largest absolute Gasteiger partial charge is 0.480 e. The highest BCUT2D eigenvalue weighted by molar-refractivity contribution is 5.94. The van der Waals surface area contributed by atoms with Crippen molar-refractivity contribution in [2.75, 3.05) is 0 Å². The molecule has 1 aromatic carbocycles. The van der Waals surface area contributed by atoms with Crippen LogP contribution in [0.5, 0.6) is 0 Å². The van der Waals surface area contributed by atoms with Crippen LogP contribution in [0, 0.1) is 16.0 Å². The van der Waals surface area contributed by atoms with Crippen molar-refractivity contribution in [3.05, 3.63) is 52.3 Å². The van der Waals surface area contributed by atoms with Crippen molar-refractivity contribution in [2.45, 2.75) is 26.3 Å². The van der Waals surface area contributed by atoms with Gasteiger partial charge in [0.1, 0.15) is 11.7 Å². The molecule has 0 saturated heterocycles. The van der Waals surface area contributed by atoms with E-state index in [1.807, 2.05) is 13.8 Å². The third-order valence-corrected chi connectivity index (χ3v) is 3.46. The number of carboxylic acids is 1. The van der Waals surface area contributed by atoms with E-state index in [1.54, 1.807) is 6.07 Å². The first-order valence-corrected chi connectivity index (χ1v) is 7.62. The molecule has 2 rings (SSSR count). The molecule has 2 aromatic rings. The molecule has 1 heterocycles. The average Bonchev–Trinajstić information content (AvgIpc) is 3.03. The van der Waals surface area contributed by atoms with Gasteiger partial charge in [0, 0.05) is 12.3 Å². The van der Waals surface area contributed by atoms with Gasteiger partial charge >= 0.3 is 5.97 Å². The molecule has 0 fully saturated rings. The molecular formula is C16H18N4O5. The molecular weight excluding hydrogens is 328 g/mol. The Balaban J connectivity index is 2.22. The number of benzene rings is 1. The number of nitro groups is 1. The Morgan fingerprint density at radius 2 is 2.00 bits per heavy atom. The Labute approximate surface area is 143 Å². The maximum absolute atomic E-state index is 12.2. The van der Waals surface area contributed by atoms with Crippen molar-refractivity contribution < 1.29 is 19.6 Å². The maximum atomic E-state index is 12.2. The number of nitro benzene ring substituents is 1. The Kier molecular flexibility index (Phi) is 5.48. The van der Waals surface area contributed by atoms with E-state index in [9.17, 15) is 24.8 Å². The molecule has 1 atom stereocenters. The summed E-state index contributed by atoms with van der Waals surface area (Å²) in [7, 11) is 0. The number of aliphatic carboxylic acids is 1. The number of rotatable bonds is 7. The van der Waals surface area contributed by atoms with E-state index in [0.29, 0.717) is 0 Å². The third-order valence-electron chi connectivity index (χ3n) is 3.46. The fourth-order valence-electron chi connectivity index (χ4n) is 2.32. The first kappa shape index (κ1) is 18.1. The topological polar surface area (TPSA) is 127 Å². The minimum absolute atomic E-state index is 0.0202. The monoisotopic (exact) mass is 346 g/mol. The van der Waals surface area contributed by atoms with E-state index in [0.717, 1.165) is 0 Å². The fraction of sp³-hybridized carbons (Fsp3) is 0.312. The molecule has 0 aliphatic rings. The van der Waals surface area contributed by atoms with Gasteiger partial charge in [-0.3, -0.25) is 14.9 Å². The summed E-state index contributed by atoms with van der Waals surface area (Å²) in [5, 5.41) is 26.7. The molecule has 0 bridgehead atoms. The smallest absolute Gasteiger partial charge is 0.326 e. The predicted octanol–water partition coefficient (Wildman–Crippen LogP) is 2.01. The van der Waals surface area contributed by atoms with Gasteiger partial charge in [0.2, 0.25) is 0 Å². The minimum Gasteiger partial charge on any atom is -0.480 e. The number of nitrogens with zero attached hydrogens (tertiary/aromatic N) is 3. The van der Waals surface area contributed by atoms with Crippen molar-refractivity contribution in [3.63, 3.8) is 0 Å². The van der Waals surface area contributed by atoms with Crippen LogP contribution >= 0.6 is 0 Å². The standard InChI is InChI=1S/C16H18N4O5/c1-10(2)9-12(16(22)23)17-15(21)11-7-8-19(18-11)13-5-3-4-6-14(13)20(24)25/h3-8,10,12H,9H2,1-2H3,(H,17,21)(H,22,23)/t12-/m0/s1. The van der Waals surface area contributed by atoms with E-state index in [1.165, 1.54) is 35.1 Å². The predicted molar refractivity (Wildman–Crippen MR) is 88.6 cm³/mol. The van der Waals surface area contributed by atoms with Crippen molar-refractivity contribution in [2.24, 2.45) is 5.92 Å². The van der Waals surface area contributed by atoms with Crippen LogP contribution in [0.15, 0.2) is 36.5 Å². The van der Waals surface area contributed by atoms with Gasteiger partial charge in [-0.2, -0.15) is 5.10 Å². The van der Waals surface area contributed by atoms with Crippen LogP contribution in [0.1, 0.15) is 30.8 Å². The van der Waals surface area contributed by atoms with E-state index < -0.39 is 22.8 Å². The SMILES string of the molecule is CC(C)C[C@H](NC(=O)c1ccn(-c2ccccc2[N+](=O)[O-])n1)C(=O)O. The molecule has 9 nitrogen and oxygen atoms in total. The van der Waals surface area contributed by atoms with Crippen molar-refractivity contribution in [3.8, 4) is 5.69 Å². The van der Waals surface area contributed by atoms with Crippen LogP contribution < -0.4 is 5.32 Å². The molecule has 1 aromatic heterocycles. The maximum Gasteiger partial charge on any atom is 0.326 e. The zero-order valence-corrected chi connectivity index (χ0v) is 13.7. The lowest BCUT2D eigenvalue weighted by Crippen LogP contribution is -2.41. The number of hydrogen-bond donors (Lipinski definition) is 2. The second-order valence-electron chi connectivity index (χ2n) is 5.89. The first-order valence-electron chi connectivity index (χ1n) is 7.62. The van der Waals surface area contributed by atoms with Gasteiger partial charge in [0.05, 0.1) is 4.92 Å². The number of carbonyl (C=O) groups is 2. The molecule has 2 N–H and O–H groups in total. The van der Waals surface area contributed by atoms with E-state index >= 15 is 0 Å². The number of nitrogens with one attached hydrogen (secondary N) is 1. The number of amides is 1. The van der Waals surface area contributed by atoms with E-state index in [-0.39, 0.29) is 29.4 Å². The zero-order chi connectivity index (χ0) is 18.6. The van der Waals surface area contributed by atoms with Crippen LogP contribution in [0.4, 0.5) is 5.69 Å². The molecule has 0 saturated carbocycles. The summed E-state index contributed by atoms with van der Waals surface area (Å²) in [6, 6.07) is 6.34. The summed E-state index contributed by atoms with van der Waals surface area (Å²) in [5.41, 5.74) is 0.0393. The van der Waals surface area contributed by atoms with Crippen molar-refractivity contribution >= 4 is 17.6 Å². The van der Waals surface area contributed by atoms with Crippen LogP contribution in [0.25, 0.3) is 5.69 Å². The fourth-order valence-corrected chi connectivity index (χ4v) is 2.32. The van der Waals surface area contributed by atoms with Gasteiger partial charge < -0.3 is 10.4 Å². The minimum atomic E-state index is -1.12. The quantitative estimate of drug-likeness (QED) is 0.583. The molecule has 25 heavy (non-hydrogen) atoms. The van der Waals surface area contributed by atoms with Gasteiger partial charge in [-0.15, -0.1) is 0 Å². The van der Waals surface area contributed by atoms with Gasteiger partial charge in [-0.05, 0) is 24.5 Å². The summed E-state index contributed by atoms with van der Waals surface area (Å²) < 4.78 is 1.21. The number of carbonyl (C=O) groups excluding carboxylic acids is 1. The molecule has 1 amide bonds. The Morgan fingerprint density at radius 3 is 2.60 bits per heavy atom. The Bertz CT molecular complexity index is 799. The second-order valence-corrected chi connectivity index (χ2v) is 5.89. The normalized spacial score (nSPS) is 12.0. The van der Waals surface area contributed by atoms with Crippen molar-refractivity contribution in [1.82, 2.24) is 15.1 Å². The van der Waals surface area contributed by atoms with Crippen molar-refractivity contribution in [1.29, 1.82) is 0 Å². The van der Waals surface area contributed by atoms with Crippen LogP contribution in [0.3, 0.4) is 0 Å². The molecule has 0 aliphatic heterocycles. The summed E-state index contributed by atoms with van der Waals surface area (Å²) in [4.78, 5) is 34.0. The number of aromatic nitrogens is 2. The lowest BCUT2D eigenvalue weighted by atomic mass is 10.0. The second kappa shape index (κ2) is 7.56. The highest BCUT2D eigenvalue weighted by Crippen LogP contribution is 2.21. The molecule has 9 heteroatoms. The van der Waals surface area contributed by atoms with Crippen LogP contribution in [0.2, 0.25) is 0 Å². The average molecular weight is 346 g/mol. The highest BCUT2D eigenvalue weighted by atomic mass is 16.6.